The van der Waals surface area contributed by atoms with Gasteiger partial charge < -0.3 is 15.0 Å². The van der Waals surface area contributed by atoms with Crippen LogP contribution in [0.5, 0.6) is 0 Å². The molecule has 1 unspecified atom stereocenters. The second-order valence-electron chi connectivity index (χ2n) is 7.75. The lowest BCUT2D eigenvalue weighted by atomic mass is 9.87. The van der Waals surface area contributed by atoms with Crippen LogP contribution in [0.4, 0.5) is 0 Å². The first-order valence-electron chi connectivity index (χ1n) is 9.76. The van der Waals surface area contributed by atoms with E-state index in [-0.39, 0.29) is 23.5 Å². The Hall–Kier alpha value is -2.73. The van der Waals surface area contributed by atoms with Crippen LogP contribution in [-0.2, 0) is 4.74 Å². The van der Waals surface area contributed by atoms with Gasteiger partial charge in [-0.05, 0) is 50.5 Å². The minimum Gasteiger partial charge on any atom is -0.373 e. The first-order chi connectivity index (χ1) is 13.5. The number of nitrogens with zero attached hydrogens (tertiary/aromatic N) is 2. The minimum atomic E-state index is -0.245. The van der Waals surface area contributed by atoms with Crippen molar-refractivity contribution in [2.75, 3.05) is 19.7 Å². The van der Waals surface area contributed by atoms with Crippen LogP contribution >= 0.6 is 0 Å². The quantitative estimate of drug-likeness (QED) is 0.890. The van der Waals surface area contributed by atoms with Gasteiger partial charge in [-0.15, -0.1) is 0 Å². The molecule has 6 nitrogen and oxygen atoms in total. The van der Waals surface area contributed by atoms with Gasteiger partial charge in [-0.2, -0.15) is 0 Å². The number of hydrogen-bond acceptors (Lipinski definition) is 4. The summed E-state index contributed by atoms with van der Waals surface area (Å²) in [5, 5.41) is 3.03. The standard InChI is InChI=1S/C22H25N3O3/c1-16-5-4-6-17(13-16)21(27)25-11-8-22(9-12-25)14-18(15-28-22)24-20(26)19-7-2-3-10-23-19/h2-7,10,13,18H,8-9,11-12,14-15H2,1H3,(H,24,26). The molecule has 2 aliphatic rings. The number of rotatable bonds is 3. The average Bonchev–Trinajstić information content (AvgIpc) is 3.10. The Morgan fingerprint density at radius 2 is 2.00 bits per heavy atom. The SMILES string of the molecule is Cc1cccc(C(=O)N2CCC3(CC2)CC(NC(=O)c2ccccn2)CO3)c1. The van der Waals surface area contributed by atoms with Gasteiger partial charge in [-0.25, -0.2) is 0 Å². The number of piperidine rings is 1. The summed E-state index contributed by atoms with van der Waals surface area (Å²) in [6, 6.07) is 13.0. The number of ether oxygens (including phenoxy) is 1. The Morgan fingerprint density at radius 3 is 2.71 bits per heavy atom. The summed E-state index contributed by atoms with van der Waals surface area (Å²) >= 11 is 0. The molecule has 1 aromatic heterocycles. The Labute approximate surface area is 164 Å². The number of amides is 2. The predicted molar refractivity (Wildman–Crippen MR) is 105 cm³/mol. The molecular formula is C22H25N3O3. The normalized spacial score (nSPS) is 20.9. The van der Waals surface area contributed by atoms with E-state index in [9.17, 15) is 9.59 Å². The van der Waals surface area contributed by atoms with Crippen molar-refractivity contribution in [2.45, 2.75) is 37.8 Å². The van der Waals surface area contributed by atoms with Crippen LogP contribution in [-0.4, -0.2) is 53.0 Å². The molecule has 2 aromatic rings. The number of aromatic nitrogens is 1. The zero-order valence-electron chi connectivity index (χ0n) is 16.1. The molecule has 146 valence electrons. The Balaban J connectivity index is 1.32. The molecule has 0 saturated carbocycles. The maximum absolute atomic E-state index is 12.7. The molecule has 2 amide bonds. The number of hydrogen-bond donors (Lipinski definition) is 1. The Bertz CT molecular complexity index is 860. The molecule has 1 atom stereocenters. The number of carbonyl (C=O) groups is 2. The van der Waals surface area contributed by atoms with E-state index in [1.807, 2.05) is 36.1 Å². The molecule has 1 aromatic carbocycles. The molecule has 28 heavy (non-hydrogen) atoms. The zero-order valence-corrected chi connectivity index (χ0v) is 16.1. The van der Waals surface area contributed by atoms with Crippen LogP contribution in [0.15, 0.2) is 48.7 Å². The van der Waals surface area contributed by atoms with Crippen LogP contribution in [0.1, 0.15) is 45.7 Å². The summed E-state index contributed by atoms with van der Waals surface area (Å²) in [6.45, 7) is 3.85. The number of pyridine rings is 1. The highest BCUT2D eigenvalue weighted by atomic mass is 16.5. The largest absolute Gasteiger partial charge is 0.373 e. The van der Waals surface area contributed by atoms with Crippen LogP contribution in [0.2, 0.25) is 0 Å². The zero-order chi connectivity index (χ0) is 19.6. The van der Waals surface area contributed by atoms with Gasteiger partial charge in [0, 0.05) is 24.8 Å². The van der Waals surface area contributed by atoms with E-state index in [4.69, 9.17) is 4.74 Å². The lowest BCUT2D eigenvalue weighted by Crippen LogP contribution is -2.47. The van der Waals surface area contributed by atoms with E-state index in [0.717, 1.165) is 30.4 Å². The van der Waals surface area contributed by atoms with Crippen LogP contribution in [0, 0.1) is 6.92 Å². The van der Waals surface area contributed by atoms with Gasteiger partial charge in [-0.1, -0.05) is 23.8 Å². The van der Waals surface area contributed by atoms with E-state index >= 15 is 0 Å². The number of benzene rings is 1. The summed E-state index contributed by atoms with van der Waals surface area (Å²) in [5.41, 5.74) is 2.00. The number of aryl methyl sites for hydroxylation is 1. The van der Waals surface area contributed by atoms with Crippen molar-refractivity contribution in [3.63, 3.8) is 0 Å². The van der Waals surface area contributed by atoms with Gasteiger partial charge in [0.1, 0.15) is 5.69 Å². The van der Waals surface area contributed by atoms with Gasteiger partial charge in [-0.3, -0.25) is 14.6 Å². The van der Waals surface area contributed by atoms with Crippen molar-refractivity contribution >= 4 is 11.8 Å². The fraction of sp³-hybridized carbons (Fsp3) is 0.409. The van der Waals surface area contributed by atoms with Crippen molar-refractivity contribution < 1.29 is 14.3 Å². The first kappa shape index (κ1) is 18.6. The molecule has 2 fully saturated rings. The molecule has 2 aliphatic heterocycles. The van der Waals surface area contributed by atoms with Crippen molar-refractivity contribution in [1.29, 1.82) is 0 Å². The third-order valence-electron chi connectivity index (χ3n) is 5.67. The van der Waals surface area contributed by atoms with Gasteiger partial charge in [0.25, 0.3) is 11.8 Å². The summed E-state index contributed by atoms with van der Waals surface area (Å²) in [7, 11) is 0. The molecule has 2 saturated heterocycles. The topological polar surface area (TPSA) is 71.5 Å². The van der Waals surface area contributed by atoms with Crippen LogP contribution < -0.4 is 5.32 Å². The van der Waals surface area contributed by atoms with Gasteiger partial charge in [0.2, 0.25) is 0 Å². The highest BCUT2D eigenvalue weighted by molar-refractivity contribution is 5.94. The molecule has 6 heteroatoms. The van der Waals surface area contributed by atoms with Crippen LogP contribution in [0.25, 0.3) is 0 Å². The molecule has 1 spiro atoms. The van der Waals surface area contributed by atoms with Crippen molar-refractivity contribution in [1.82, 2.24) is 15.2 Å². The summed E-state index contributed by atoms with van der Waals surface area (Å²) < 4.78 is 6.11. The molecular weight excluding hydrogens is 354 g/mol. The maximum atomic E-state index is 12.7. The van der Waals surface area contributed by atoms with Crippen molar-refractivity contribution in [3.05, 3.63) is 65.5 Å². The first-order valence-corrected chi connectivity index (χ1v) is 9.76. The lowest BCUT2D eigenvalue weighted by Gasteiger charge is -2.38. The Kier molecular flexibility index (Phi) is 5.13. The molecule has 1 N–H and O–H groups in total. The maximum Gasteiger partial charge on any atom is 0.270 e. The van der Waals surface area contributed by atoms with E-state index in [1.165, 1.54) is 0 Å². The van der Waals surface area contributed by atoms with Gasteiger partial charge >= 0.3 is 0 Å². The highest BCUT2D eigenvalue weighted by Gasteiger charge is 2.44. The van der Waals surface area contributed by atoms with Crippen molar-refractivity contribution in [2.24, 2.45) is 0 Å². The fourth-order valence-electron chi connectivity index (χ4n) is 4.12. The van der Waals surface area contributed by atoms with Gasteiger partial charge in [0.15, 0.2) is 0 Å². The molecule has 0 bridgehead atoms. The summed E-state index contributed by atoms with van der Waals surface area (Å²) in [5.74, 6) is -0.0881. The van der Waals surface area contributed by atoms with E-state index in [2.05, 4.69) is 10.3 Å². The number of likely N-dealkylation sites (tertiary alicyclic amines) is 1. The predicted octanol–water partition coefficient (Wildman–Crippen LogP) is 2.58. The molecule has 0 radical (unpaired) electrons. The summed E-state index contributed by atoms with van der Waals surface area (Å²) in [4.78, 5) is 31.1. The van der Waals surface area contributed by atoms with Crippen LogP contribution in [0.3, 0.4) is 0 Å². The molecule has 4 rings (SSSR count). The van der Waals surface area contributed by atoms with E-state index in [0.29, 0.717) is 25.4 Å². The average molecular weight is 379 g/mol. The number of carbonyl (C=O) groups excluding carboxylic acids is 2. The molecule has 3 heterocycles. The Morgan fingerprint density at radius 1 is 1.18 bits per heavy atom. The third kappa shape index (κ3) is 3.92. The smallest absolute Gasteiger partial charge is 0.270 e. The number of nitrogens with one attached hydrogen (secondary N) is 1. The van der Waals surface area contributed by atoms with Gasteiger partial charge in [0.05, 0.1) is 18.2 Å². The highest BCUT2D eigenvalue weighted by Crippen LogP contribution is 2.36. The lowest BCUT2D eigenvalue weighted by molar-refractivity contribution is -0.0389. The van der Waals surface area contributed by atoms with E-state index in [1.54, 1.807) is 24.4 Å². The monoisotopic (exact) mass is 379 g/mol. The third-order valence-corrected chi connectivity index (χ3v) is 5.67. The summed E-state index contributed by atoms with van der Waals surface area (Å²) in [6.07, 6.45) is 3.97. The fourth-order valence-corrected chi connectivity index (χ4v) is 4.12. The second kappa shape index (κ2) is 7.72. The minimum absolute atomic E-state index is 0.0199. The molecule has 0 aliphatic carbocycles. The van der Waals surface area contributed by atoms with Crippen molar-refractivity contribution in [3.8, 4) is 0 Å². The second-order valence-corrected chi connectivity index (χ2v) is 7.75. The van der Waals surface area contributed by atoms with E-state index < -0.39 is 0 Å².